The second-order valence-electron chi connectivity index (χ2n) is 6.15. The predicted octanol–water partition coefficient (Wildman–Crippen LogP) is 2.34. The minimum absolute atomic E-state index is 0.0665. The molecule has 1 aromatic carbocycles. The zero-order chi connectivity index (χ0) is 19.9. The molecule has 1 amide bonds. The minimum atomic E-state index is -1.04. The van der Waals surface area contributed by atoms with Crippen LogP contribution < -0.4 is 14.8 Å². The predicted molar refractivity (Wildman–Crippen MR) is 99.4 cm³/mol. The van der Waals surface area contributed by atoms with Gasteiger partial charge in [0.1, 0.15) is 6.61 Å². The summed E-state index contributed by atoms with van der Waals surface area (Å²) in [6, 6.07) is 4.76. The highest BCUT2D eigenvalue weighted by Crippen LogP contribution is 2.29. The second kappa shape index (κ2) is 9.33. The van der Waals surface area contributed by atoms with Crippen LogP contribution in [0.1, 0.15) is 29.4 Å². The first-order valence-electron chi connectivity index (χ1n) is 8.08. The number of aliphatic carboxylic acids is 1. The second-order valence-corrected chi connectivity index (χ2v) is 6.87. The van der Waals surface area contributed by atoms with Crippen LogP contribution in [0.15, 0.2) is 29.1 Å². The largest absolute Gasteiger partial charge is 0.493 e. The molecule has 0 fully saturated rings. The van der Waals surface area contributed by atoms with Crippen molar-refractivity contribution in [1.82, 2.24) is 10.3 Å². The molecule has 0 aliphatic carbocycles. The molecular weight excluding hydrogens is 372 g/mol. The van der Waals surface area contributed by atoms with E-state index in [2.05, 4.69) is 10.3 Å². The van der Waals surface area contributed by atoms with Gasteiger partial charge in [-0.1, -0.05) is 0 Å². The first-order valence-corrected chi connectivity index (χ1v) is 9.02. The number of nitrogens with zero attached hydrogens (tertiary/aromatic N) is 1. The van der Waals surface area contributed by atoms with Crippen LogP contribution in [0.3, 0.4) is 0 Å². The molecule has 1 aromatic heterocycles. The summed E-state index contributed by atoms with van der Waals surface area (Å²) in [4.78, 5) is 27.8. The Kier molecular flexibility index (Phi) is 7.14. The summed E-state index contributed by atoms with van der Waals surface area (Å²) in [5.41, 5.74) is 1.80. The van der Waals surface area contributed by atoms with Crippen LogP contribution in [0, 0.1) is 0 Å². The van der Waals surface area contributed by atoms with Crippen LogP contribution in [0.2, 0.25) is 0 Å². The Morgan fingerprint density at radius 3 is 2.67 bits per heavy atom. The van der Waals surface area contributed by atoms with Crippen molar-refractivity contribution in [2.24, 2.45) is 0 Å². The molecule has 1 heterocycles. The van der Waals surface area contributed by atoms with Crippen molar-refractivity contribution in [3.05, 3.63) is 40.3 Å². The molecule has 0 radical (unpaired) electrons. The van der Waals surface area contributed by atoms with E-state index >= 15 is 0 Å². The molecule has 0 aliphatic rings. The summed E-state index contributed by atoms with van der Waals surface area (Å²) < 4.78 is 16.0. The first-order chi connectivity index (χ1) is 12.9. The Bertz CT molecular complexity index is 780. The number of carbonyl (C=O) groups is 2. The van der Waals surface area contributed by atoms with Crippen molar-refractivity contribution in [2.75, 3.05) is 20.8 Å². The summed E-state index contributed by atoms with van der Waals surface area (Å²) in [6.07, 6.45) is -0.265. The third-order valence-electron chi connectivity index (χ3n) is 3.70. The van der Waals surface area contributed by atoms with E-state index in [4.69, 9.17) is 19.3 Å². The minimum Gasteiger partial charge on any atom is -0.493 e. The lowest BCUT2D eigenvalue weighted by atomic mass is 9.98. The van der Waals surface area contributed by atoms with E-state index in [1.165, 1.54) is 25.6 Å². The van der Waals surface area contributed by atoms with Crippen molar-refractivity contribution in [2.45, 2.75) is 25.5 Å². The number of nitrogens with one attached hydrogen (secondary N) is 1. The fraction of sp³-hybridized carbons (Fsp3) is 0.389. The SMILES string of the molecule is COCC(C)(CC(=O)O)NC(=O)c1ccc(OCc2cscn2)c(OC)c1. The number of thiazole rings is 1. The number of hydrogen-bond donors (Lipinski definition) is 2. The third kappa shape index (κ3) is 5.93. The van der Waals surface area contributed by atoms with E-state index < -0.39 is 17.4 Å². The van der Waals surface area contributed by atoms with Gasteiger partial charge in [0.2, 0.25) is 0 Å². The van der Waals surface area contributed by atoms with Crippen molar-refractivity contribution in [3.63, 3.8) is 0 Å². The van der Waals surface area contributed by atoms with E-state index in [9.17, 15) is 9.59 Å². The highest BCUT2D eigenvalue weighted by Gasteiger charge is 2.30. The monoisotopic (exact) mass is 394 g/mol. The quantitative estimate of drug-likeness (QED) is 0.637. The Morgan fingerprint density at radius 1 is 1.30 bits per heavy atom. The number of aromatic nitrogens is 1. The highest BCUT2D eigenvalue weighted by atomic mass is 32.1. The molecule has 9 heteroatoms. The van der Waals surface area contributed by atoms with Gasteiger partial charge in [-0.3, -0.25) is 9.59 Å². The molecule has 2 N–H and O–H groups in total. The topological polar surface area (TPSA) is 107 Å². The van der Waals surface area contributed by atoms with Gasteiger partial charge in [-0.25, -0.2) is 4.98 Å². The summed E-state index contributed by atoms with van der Waals surface area (Å²) in [5, 5.41) is 13.7. The van der Waals surface area contributed by atoms with Crippen LogP contribution in [0.25, 0.3) is 0 Å². The van der Waals surface area contributed by atoms with Crippen molar-refractivity contribution in [1.29, 1.82) is 0 Å². The number of hydrogen-bond acceptors (Lipinski definition) is 7. The number of carbonyl (C=O) groups excluding carboxylic acids is 1. The third-order valence-corrected chi connectivity index (χ3v) is 4.34. The molecule has 0 aliphatic heterocycles. The fourth-order valence-electron chi connectivity index (χ4n) is 2.52. The van der Waals surface area contributed by atoms with Gasteiger partial charge in [-0.2, -0.15) is 0 Å². The molecule has 146 valence electrons. The number of amides is 1. The Labute approximate surface area is 161 Å². The summed E-state index contributed by atoms with van der Waals surface area (Å²) in [6.45, 7) is 1.97. The average Bonchev–Trinajstić information content (AvgIpc) is 3.12. The first kappa shape index (κ1) is 20.7. The van der Waals surface area contributed by atoms with Crippen molar-refractivity contribution >= 4 is 23.2 Å². The normalized spacial score (nSPS) is 12.9. The maximum absolute atomic E-state index is 12.6. The Hall–Kier alpha value is -2.65. The molecule has 8 nitrogen and oxygen atoms in total. The van der Waals surface area contributed by atoms with Crippen molar-refractivity contribution < 1.29 is 28.9 Å². The molecule has 1 atom stereocenters. The van der Waals surface area contributed by atoms with E-state index in [0.29, 0.717) is 17.1 Å². The van der Waals surface area contributed by atoms with E-state index in [0.717, 1.165) is 5.69 Å². The van der Waals surface area contributed by atoms with Gasteiger partial charge in [0.05, 0.1) is 36.9 Å². The Morgan fingerprint density at radius 2 is 2.07 bits per heavy atom. The van der Waals surface area contributed by atoms with Crippen LogP contribution in [-0.4, -0.2) is 48.3 Å². The number of carboxylic acids is 1. The number of methoxy groups -OCH3 is 2. The fourth-order valence-corrected chi connectivity index (χ4v) is 3.06. The van der Waals surface area contributed by atoms with Crippen molar-refractivity contribution in [3.8, 4) is 11.5 Å². The number of benzene rings is 1. The molecule has 0 saturated carbocycles. The van der Waals surface area contributed by atoms with E-state index in [1.807, 2.05) is 5.38 Å². The summed E-state index contributed by atoms with van der Waals surface area (Å²) >= 11 is 1.48. The molecule has 0 spiro atoms. The van der Waals surface area contributed by atoms with E-state index in [1.54, 1.807) is 30.6 Å². The number of ether oxygens (including phenoxy) is 3. The van der Waals surface area contributed by atoms with Crippen LogP contribution in [0.5, 0.6) is 11.5 Å². The van der Waals surface area contributed by atoms with Gasteiger partial charge >= 0.3 is 5.97 Å². The number of rotatable bonds is 10. The summed E-state index contributed by atoms with van der Waals surface area (Å²) in [5.74, 6) is -0.588. The molecule has 2 aromatic rings. The maximum Gasteiger partial charge on any atom is 0.305 e. The molecular formula is C18H22N2O6S. The van der Waals surface area contributed by atoms with Gasteiger partial charge in [0, 0.05) is 18.1 Å². The van der Waals surface area contributed by atoms with Gasteiger partial charge < -0.3 is 24.6 Å². The zero-order valence-electron chi connectivity index (χ0n) is 15.4. The average molecular weight is 394 g/mol. The lowest BCUT2D eigenvalue weighted by molar-refractivity contribution is -0.139. The standard InChI is InChI=1S/C18H22N2O6S/c1-18(10-24-2,7-16(21)22)20-17(23)12-4-5-14(15(6-12)25-3)26-8-13-9-27-11-19-13/h4-6,9,11H,7-8,10H2,1-3H3,(H,20,23)(H,21,22). The smallest absolute Gasteiger partial charge is 0.305 e. The zero-order valence-corrected chi connectivity index (χ0v) is 16.2. The van der Waals surface area contributed by atoms with E-state index in [-0.39, 0.29) is 19.6 Å². The highest BCUT2D eigenvalue weighted by molar-refractivity contribution is 7.07. The maximum atomic E-state index is 12.6. The number of carboxylic acid groups (broad SMARTS) is 1. The molecule has 0 bridgehead atoms. The molecule has 27 heavy (non-hydrogen) atoms. The Balaban J connectivity index is 2.12. The van der Waals surface area contributed by atoms with Gasteiger partial charge in [-0.15, -0.1) is 11.3 Å². The summed E-state index contributed by atoms with van der Waals surface area (Å²) in [7, 11) is 2.93. The van der Waals surface area contributed by atoms with Gasteiger partial charge in [0.15, 0.2) is 11.5 Å². The lowest BCUT2D eigenvalue weighted by Gasteiger charge is -2.28. The molecule has 2 rings (SSSR count). The van der Waals surface area contributed by atoms with Crippen LogP contribution >= 0.6 is 11.3 Å². The molecule has 0 saturated heterocycles. The van der Waals surface area contributed by atoms with Crippen LogP contribution in [-0.2, 0) is 16.1 Å². The van der Waals surface area contributed by atoms with Gasteiger partial charge in [-0.05, 0) is 25.1 Å². The molecule has 1 unspecified atom stereocenters. The van der Waals surface area contributed by atoms with Gasteiger partial charge in [0.25, 0.3) is 5.91 Å². The lowest BCUT2D eigenvalue weighted by Crippen LogP contribution is -2.50. The van der Waals surface area contributed by atoms with Crippen LogP contribution in [0.4, 0.5) is 0 Å².